The number of nitrogens with one attached hydrogen (secondary N) is 4. The number of H-pyrrole nitrogens is 2. The number of fused-ring (bicyclic) bond motifs is 2. The number of aromatic amines is 2. The SMILES string of the molecule is CC(=O)NCCc1c[nH]c2ccc(O)cc12.COc1cc(/C=C/C(=O)Oc2ccc3[nH]cc(CCNC(C)=O)c3c2)ccc1O.Cc1cc(/C=C/C(=O)O)ccc1O[Si](C)(C)C(C)(C)C. The number of esters is 1. The number of carboxylic acid groups (broad SMARTS) is 1. The molecule has 4 aromatic carbocycles. The Hall–Kier alpha value is -7.26. The highest BCUT2D eigenvalue weighted by Crippen LogP contribution is 2.38. The van der Waals surface area contributed by atoms with Gasteiger partial charge in [-0.05, 0) is 139 Å². The highest BCUT2D eigenvalue weighted by Gasteiger charge is 2.39. The summed E-state index contributed by atoms with van der Waals surface area (Å²) in [6.45, 7) is 17.2. The van der Waals surface area contributed by atoms with Crippen LogP contribution in [0.3, 0.4) is 0 Å². The molecular weight excluding hydrogens is 845 g/mol. The smallest absolute Gasteiger partial charge is 0.336 e. The minimum atomic E-state index is -1.84. The highest BCUT2D eigenvalue weighted by atomic mass is 28.4. The molecule has 0 atom stereocenters. The number of carboxylic acids is 1. The summed E-state index contributed by atoms with van der Waals surface area (Å²) in [5, 5.41) is 35.3. The first kappa shape index (κ1) is 50.4. The molecule has 15 heteroatoms. The van der Waals surface area contributed by atoms with Crippen molar-refractivity contribution in [3.8, 4) is 28.7 Å². The molecule has 0 bridgehead atoms. The van der Waals surface area contributed by atoms with Gasteiger partial charge in [-0.3, -0.25) is 9.59 Å². The predicted molar refractivity (Wildman–Crippen MR) is 258 cm³/mol. The summed E-state index contributed by atoms with van der Waals surface area (Å²) < 4.78 is 16.7. The number of aliphatic carboxylic acids is 1. The van der Waals surface area contributed by atoms with Gasteiger partial charge in [0, 0.05) is 73.3 Å². The minimum Gasteiger partial charge on any atom is -0.543 e. The number of aryl methyl sites for hydroxylation is 1. The van der Waals surface area contributed by atoms with Crippen molar-refractivity contribution in [1.29, 1.82) is 0 Å². The Morgan fingerprint density at radius 3 is 1.83 bits per heavy atom. The van der Waals surface area contributed by atoms with E-state index in [1.165, 1.54) is 33.1 Å². The molecule has 6 aromatic rings. The van der Waals surface area contributed by atoms with Crippen LogP contribution in [-0.2, 0) is 32.0 Å². The lowest BCUT2D eigenvalue weighted by Gasteiger charge is -2.37. The molecule has 14 nitrogen and oxygen atoms in total. The van der Waals surface area contributed by atoms with E-state index in [0.717, 1.165) is 62.3 Å². The van der Waals surface area contributed by atoms with Crippen LogP contribution in [0.15, 0.2) is 97.3 Å². The van der Waals surface area contributed by atoms with Crippen LogP contribution in [0.5, 0.6) is 28.7 Å². The van der Waals surface area contributed by atoms with Crippen molar-refractivity contribution >= 4 is 66.0 Å². The topological polar surface area (TPSA) is 212 Å². The molecule has 0 radical (unpaired) electrons. The lowest BCUT2D eigenvalue weighted by Crippen LogP contribution is -2.44. The van der Waals surface area contributed by atoms with E-state index in [9.17, 15) is 29.4 Å². The molecule has 2 amide bonds. The first-order chi connectivity index (χ1) is 30.6. The van der Waals surface area contributed by atoms with E-state index in [1.54, 1.807) is 48.6 Å². The Bertz CT molecular complexity index is 2670. The molecule has 0 aliphatic heterocycles. The van der Waals surface area contributed by atoms with E-state index in [0.29, 0.717) is 36.6 Å². The number of amides is 2. The zero-order chi connectivity index (χ0) is 47.9. The van der Waals surface area contributed by atoms with Gasteiger partial charge in [0.1, 0.15) is 17.2 Å². The van der Waals surface area contributed by atoms with Gasteiger partial charge in [0.05, 0.1) is 7.11 Å². The second-order valence-electron chi connectivity index (χ2n) is 16.8. The molecule has 0 fully saturated rings. The number of carbonyl (C=O) groups excluding carboxylic acids is 3. The molecule has 0 aliphatic rings. The number of rotatable bonds is 14. The standard InChI is InChI=1S/C22H22N2O5.C16H24O3Si.C12H14N2O2/c1-14(25)23-10-9-16-13-24-19-6-5-17(12-18(16)19)29-22(27)8-4-15-3-7-20(26)21(11-15)28-2;1-12-11-13(8-10-15(17)18)7-9-14(12)19-20(5,6)16(2,3)4;1-8(15)13-5-4-9-7-14-12-3-2-10(16)6-11(9)12/h3-8,11-13,24,26H,9-10H2,1-2H3,(H,23,25);7-11H,1-6H3,(H,17,18);2-3,6-7,14,16H,4-5H2,1H3,(H,13,15)/b8-4+;10-8+;. The summed E-state index contributed by atoms with van der Waals surface area (Å²) in [6, 6.07) is 21.1. The van der Waals surface area contributed by atoms with Crippen molar-refractivity contribution < 1.29 is 48.4 Å². The number of phenols is 2. The van der Waals surface area contributed by atoms with Gasteiger partial charge in [-0.2, -0.15) is 0 Å². The highest BCUT2D eigenvalue weighted by molar-refractivity contribution is 6.74. The van der Waals surface area contributed by atoms with Gasteiger partial charge >= 0.3 is 11.9 Å². The largest absolute Gasteiger partial charge is 0.543 e. The Balaban J connectivity index is 0.000000225. The summed E-state index contributed by atoms with van der Waals surface area (Å²) in [6.07, 6.45) is 10.8. The van der Waals surface area contributed by atoms with Crippen LogP contribution < -0.4 is 24.5 Å². The zero-order valence-corrected chi connectivity index (χ0v) is 39.4. The van der Waals surface area contributed by atoms with Crippen molar-refractivity contribution in [2.75, 3.05) is 20.2 Å². The number of aromatic nitrogens is 2. The van der Waals surface area contributed by atoms with Crippen LogP contribution >= 0.6 is 0 Å². The Kier molecular flexibility index (Phi) is 17.7. The minimum absolute atomic E-state index is 0.0253. The molecule has 0 spiro atoms. The number of ether oxygens (including phenoxy) is 2. The molecule has 6 rings (SSSR count). The van der Waals surface area contributed by atoms with E-state index < -0.39 is 20.3 Å². The average molecular weight is 905 g/mol. The van der Waals surface area contributed by atoms with E-state index >= 15 is 0 Å². The number of hydrogen-bond acceptors (Lipinski definition) is 9. The van der Waals surface area contributed by atoms with E-state index in [1.807, 2.05) is 49.6 Å². The molecule has 2 aromatic heterocycles. The number of carbonyl (C=O) groups is 4. The number of methoxy groups -OCH3 is 1. The molecule has 7 N–H and O–H groups in total. The second kappa shape index (κ2) is 22.9. The first-order valence-electron chi connectivity index (χ1n) is 21.0. The fourth-order valence-corrected chi connectivity index (χ4v) is 7.23. The van der Waals surface area contributed by atoms with Gasteiger partial charge in [-0.1, -0.05) is 32.9 Å². The lowest BCUT2D eigenvalue weighted by molar-refractivity contribution is -0.131. The Labute approximate surface area is 380 Å². The van der Waals surface area contributed by atoms with E-state index in [4.69, 9.17) is 19.0 Å². The fourth-order valence-electron chi connectivity index (χ4n) is 6.15. The van der Waals surface area contributed by atoms with E-state index in [-0.39, 0.29) is 28.4 Å². The summed E-state index contributed by atoms with van der Waals surface area (Å²) in [4.78, 5) is 50.7. The maximum Gasteiger partial charge on any atom is 0.336 e. The summed E-state index contributed by atoms with van der Waals surface area (Å²) in [5.41, 5.74) is 6.63. The maximum atomic E-state index is 12.2. The van der Waals surface area contributed by atoms with Crippen LogP contribution in [0, 0.1) is 6.92 Å². The molecule has 0 saturated carbocycles. The van der Waals surface area contributed by atoms with Crippen molar-refractivity contribution in [3.63, 3.8) is 0 Å². The van der Waals surface area contributed by atoms with Crippen LogP contribution in [0.2, 0.25) is 18.1 Å². The summed E-state index contributed by atoms with van der Waals surface area (Å²) in [5.74, 6) is 0.371. The summed E-state index contributed by atoms with van der Waals surface area (Å²) >= 11 is 0. The zero-order valence-electron chi connectivity index (χ0n) is 38.4. The molecule has 344 valence electrons. The van der Waals surface area contributed by atoms with Gasteiger partial charge in [0.25, 0.3) is 0 Å². The maximum absolute atomic E-state index is 12.2. The number of aromatic hydroxyl groups is 2. The van der Waals surface area contributed by atoms with Gasteiger partial charge < -0.3 is 49.8 Å². The molecular formula is C50H60N4O10Si. The van der Waals surface area contributed by atoms with Crippen molar-refractivity contribution in [2.24, 2.45) is 0 Å². The molecule has 0 aliphatic carbocycles. The van der Waals surface area contributed by atoms with Crippen LogP contribution in [-0.4, -0.2) is 77.6 Å². The molecule has 0 unspecified atom stereocenters. The molecule has 65 heavy (non-hydrogen) atoms. The van der Waals surface area contributed by atoms with Crippen molar-refractivity contribution in [3.05, 3.63) is 125 Å². The number of hydrogen-bond donors (Lipinski definition) is 7. The predicted octanol–water partition coefficient (Wildman–Crippen LogP) is 9.21. The molecule has 0 saturated heterocycles. The van der Waals surface area contributed by atoms with Crippen LogP contribution in [0.1, 0.15) is 62.4 Å². The van der Waals surface area contributed by atoms with E-state index in [2.05, 4.69) is 54.5 Å². The third-order valence-electron chi connectivity index (χ3n) is 10.6. The number of benzene rings is 4. The molecule has 2 heterocycles. The average Bonchev–Trinajstić information content (AvgIpc) is 3.83. The normalized spacial score (nSPS) is 11.4. The van der Waals surface area contributed by atoms with Crippen molar-refractivity contribution in [2.45, 2.75) is 72.5 Å². The Morgan fingerprint density at radius 1 is 0.723 bits per heavy atom. The van der Waals surface area contributed by atoms with Gasteiger partial charge in [-0.15, -0.1) is 0 Å². The number of phenolic OH excluding ortho intramolecular Hbond substituents is 2. The quantitative estimate of drug-likeness (QED) is 0.0238. The third kappa shape index (κ3) is 15.5. The Morgan fingerprint density at radius 2 is 1.28 bits per heavy atom. The van der Waals surface area contributed by atoms with Crippen molar-refractivity contribution in [1.82, 2.24) is 20.6 Å². The first-order valence-corrected chi connectivity index (χ1v) is 23.9. The second-order valence-corrected chi connectivity index (χ2v) is 21.5. The van der Waals surface area contributed by atoms with Gasteiger partial charge in [0.2, 0.25) is 20.1 Å². The van der Waals surface area contributed by atoms with Gasteiger partial charge in [-0.25, -0.2) is 9.59 Å². The van der Waals surface area contributed by atoms with Crippen LogP contribution in [0.25, 0.3) is 34.0 Å². The fraction of sp³-hybridized carbons (Fsp3) is 0.280. The van der Waals surface area contributed by atoms with Gasteiger partial charge in [0.15, 0.2) is 11.5 Å². The summed E-state index contributed by atoms with van der Waals surface area (Å²) in [7, 11) is -0.386. The lowest BCUT2D eigenvalue weighted by atomic mass is 10.1. The monoisotopic (exact) mass is 904 g/mol. The third-order valence-corrected chi connectivity index (χ3v) is 15.0. The van der Waals surface area contributed by atoms with Crippen LogP contribution in [0.4, 0.5) is 0 Å².